The first kappa shape index (κ1) is 23.0. The third-order valence-corrected chi connectivity index (χ3v) is 4.92. The Kier molecular flexibility index (Phi) is 8.37. The van der Waals surface area contributed by atoms with Crippen LogP contribution in [0.1, 0.15) is 30.2 Å². The number of carbonyl (C=O) groups excluding carboxylic acids is 2. The van der Waals surface area contributed by atoms with E-state index in [-0.39, 0.29) is 37.3 Å². The summed E-state index contributed by atoms with van der Waals surface area (Å²) in [6, 6.07) is 19.1. The van der Waals surface area contributed by atoms with E-state index in [4.69, 9.17) is 4.42 Å². The van der Waals surface area contributed by atoms with Gasteiger partial charge in [0, 0.05) is 19.2 Å². The van der Waals surface area contributed by atoms with Crippen LogP contribution in [0, 0.1) is 5.82 Å². The van der Waals surface area contributed by atoms with Crippen LogP contribution in [0.2, 0.25) is 0 Å². The third kappa shape index (κ3) is 6.94. The van der Waals surface area contributed by atoms with Crippen LogP contribution in [-0.4, -0.2) is 34.7 Å². The molecule has 0 unspecified atom stereocenters. The maximum absolute atomic E-state index is 13.3. The fourth-order valence-corrected chi connectivity index (χ4v) is 3.27. The fraction of sp³-hybridized carbons (Fsp3) is 0.231. The molecule has 0 aliphatic heterocycles. The molecule has 0 fully saturated rings. The smallest absolute Gasteiger partial charge is 0.247 e. The van der Waals surface area contributed by atoms with E-state index in [1.54, 1.807) is 46.4 Å². The van der Waals surface area contributed by atoms with Crippen LogP contribution in [0.4, 0.5) is 4.39 Å². The van der Waals surface area contributed by atoms with Crippen molar-refractivity contribution >= 4 is 17.9 Å². The van der Waals surface area contributed by atoms with Gasteiger partial charge < -0.3 is 14.2 Å². The minimum Gasteiger partial charge on any atom is -0.467 e. The van der Waals surface area contributed by atoms with Crippen molar-refractivity contribution in [3.63, 3.8) is 0 Å². The van der Waals surface area contributed by atoms with Crippen molar-refractivity contribution in [3.05, 3.63) is 102 Å². The summed E-state index contributed by atoms with van der Waals surface area (Å²) in [5.74, 6) is -0.121. The third-order valence-electron chi connectivity index (χ3n) is 4.92. The van der Waals surface area contributed by atoms with Crippen molar-refractivity contribution in [1.82, 2.24) is 9.80 Å². The predicted molar refractivity (Wildman–Crippen MR) is 122 cm³/mol. The molecule has 0 spiro atoms. The quantitative estimate of drug-likeness (QED) is 0.427. The number of nitrogens with zero attached hydrogens (tertiary/aromatic N) is 2. The maximum Gasteiger partial charge on any atom is 0.247 e. The van der Waals surface area contributed by atoms with Crippen molar-refractivity contribution in [1.29, 1.82) is 0 Å². The maximum atomic E-state index is 13.3. The highest BCUT2D eigenvalue weighted by atomic mass is 19.1. The molecule has 6 heteroatoms. The monoisotopic (exact) mass is 434 g/mol. The standard InChI is InChI=1S/C26H27FN2O3/c1-2-16-28(25(30)15-12-21-7-4-3-5-8-21)20-26(31)29(19-24-9-6-17-32-24)18-22-10-13-23(27)14-11-22/h3-15,17H,2,16,18-20H2,1H3/b15-12+. The number of hydrogen-bond acceptors (Lipinski definition) is 3. The number of amides is 2. The number of hydrogen-bond donors (Lipinski definition) is 0. The molecule has 0 radical (unpaired) electrons. The van der Waals surface area contributed by atoms with E-state index in [2.05, 4.69) is 0 Å². The van der Waals surface area contributed by atoms with Gasteiger partial charge in [-0.05, 0) is 47.9 Å². The lowest BCUT2D eigenvalue weighted by molar-refractivity contribution is -0.139. The van der Waals surface area contributed by atoms with Crippen molar-refractivity contribution in [3.8, 4) is 0 Å². The Morgan fingerprint density at radius 1 is 0.938 bits per heavy atom. The van der Waals surface area contributed by atoms with Crippen LogP contribution in [-0.2, 0) is 22.7 Å². The van der Waals surface area contributed by atoms with Crippen molar-refractivity contribution < 1.29 is 18.4 Å². The molecule has 0 aliphatic rings. The zero-order chi connectivity index (χ0) is 22.8. The first-order valence-electron chi connectivity index (χ1n) is 10.6. The van der Waals surface area contributed by atoms with Gasteiger partial charge in [-0.15, -0.1) is 0 Å². The normalized spacial score (nSPS) is 10.9. The summed E-state index contributed by atoms with van der Waals surface area (Å²) in [6.07, 6.45) is 5.52. The van der Waals surface area contributed by atoms with Crippen LogP contribution in [0.25, 0.3) is 6.08 Å². The van der Waals surface area contributed by atoms with Crippen LogP contribution in [0.3, 0.4) is 0 Å². The van der Waals surface area contributed by atoms with Crippen molar-refractivity contribution in [2.45, 2.75) is 26.4 Å². The summed E-state index contributed by atoms with van der Waals surface area (Å²) in [5, 5.41) is 0. The van der Waals surface area contributed by atoms with E-state index in [0.717, 1.165) is 17.5 Å². The first-order valence-corrected chi connectivity index (χ1v) is 10.6. The summed E-state index contributed by atoms with van der Waals surface area (Å²) < 4.78 is 18.7. The number of halogens is 1. The molecule has 1 heterocycles. The fourth-order valence-electron chi connectivity index (χ4n) is 3.27. The highest BCUT2D eigenvalue weighted by molar-refractivity contribution is 5.94. The minimum atomic E-state index is -0.331. The average Bonchev–Trinajstić information content (AvgIpc) is 3.32. The summed E-state index contributed by atoms with van der Waals surface area (Å²) in [5.41, 5.74) is 1.71. The Labute approximate surface area is 187 Å². The molecular formula is C26H27FN2O3. The van der Waals surface area contributed by atoms with Crippen LogP contribution in [0.5, 0.6) is 0 Å². The lowest BCUT2D eigenvalue weighted by Gasteiger charge is -2.26. The second-order valence-corrected chi connectivity index (χ2v) is 7.46. The zero-order valence-corrected chi connectivity index (χ0v) is 18.1. The Hall–Kier alpha value is -3.67. The van der Waals surface area contributed by atoms with Gasteiger partial charge in [0.25, 0.3) is 0 Å². The molecule has 3 aromatic rings. The van der Waals surface area contributed by atoms with E-state index < -0.39 is 0 Å². The van der Waals surface area contributed by atoms with Gasteiger partial charge >= 0.3 is 0 Å². The van der Waals surface area contributed by atoms with Gasteiger partial charge in [0.05, 0.1) is 12.8 Å². The Morgan fingerprint density at radius 2 is 1.69 bits per heavy atom. The topological polar surface area (TPSA) is 53.8 Å². The van der Waals surface area contributed by atoms with E-state index in [1.807, 2.05) is 37.3 Å². The molecule has 2 aromatic carbocycles. The second kappa shape index (κ2) is 11.6. The van der Waals surface area contributed by atoms with E-state index in [0.29, 0.717) is 12.3 Å². The number of benzene rings is 2. The second-order valence-electron chi connectivity index (χ2n) is 7.46. The van der Waals surface area contributed by atoms with Gasteiger partial charge in [-0.1, -0.05) is 49.4 Å². The largest absolute Gasteiger partial charge is 0.467 e. The molecule has 0 bridgehead atoms. The highest BCUT2D eigenvalue weighted by Gasteiger charge is 2.21. The molecule has 1 aromatic heterocycles. The molecule has 5 nitrogen and oxygen atoms in total. The first-order chi connectivity index (χ1) is 15.5. The Morgan fingerprint density at radius 3 is 2.34 bits per heavy atom. The summed E-state index contributed by atoms with van der Waals surface area (Å²) in [4.78, 5) is 29.1. The predicted octanol–water partition coefficient (Wildman–Crippen LogP) is 4.90. The minimum absolute atomic E-state index is 0.0479. The van der Waals surface area contributed by atoms with Gasteiger partial charge in [0.15, 0.2) is 0 Å². The summed E-state index contributed by atoms with van der Waals surface area (Å²) in [6.45, 7) is 2.93. The number of rotatable bonds is 10. The molecule has 0 saturated heterocycles. The zero-order valence-electron chi connectivity index (χ0n) is 18.1. The molecule has 0 aliphatic carbocycles. The van der Waals surface area contributed by atoms with Crippen molar-refractivity contribution in [2.24, 2.45) is 0 Å². The molecule has 0 saturated carbocycles. The lowest BCUT2D eigenvalue weighted by Crippen LogP contribution is -2.42. The molecule has 3 rings (SSSR count). The van der Waals surface area contributed by atoms with Crippen LogP contribution in [0.15, 0.2) is 83.5 Å². The van der Waals surface area contributed by atoms with Gasteiger partial charge in [-0.3, -0.25) is 9.59 Å². The molecule has 166 valence electrons. The van der Waals surface area contributed by atoms with Crippen LogP contribution >= 0.6 is 0 Å². The molecule has 32 heavy (non-hydrogen) atoms. The SMILES string of the molecule is CCCN(CC(=O)N(Cc1ccc(F)cc1)Cc1ccco1)C(=O)/C=C/c1ccccc1. The van der Waals surface area contributed by atoms with Crippen molar-refractivity contribution in [2.75, 3.05) is 13.1 Å². The lowest BCUT2D eigenvalue weighted by atomic mass is 10.2. The van der Waals surface area contributed by atoms with Gasteiger partial charge in [-0.2, -0.15) is 0 Å². The van der Waals surface area contributed by atoms with Crippen LogP contribution < -0.4 is 0 Å². The van der Waals surface area contributed by atoms with Gasteiger partial charge in [0.2, 0.25) is 11.8 Å². The average molecular weight is 435 g/mol. The Balaban J connectivity index is 1.72. The highest BCUT2D eigenvalue weighted by Crippen LogP contribution is 2.13. The molecule has 0 N–H and O–H groups in total. The summed E-state index contributed by atoms with van der Waals surface area (Å²) in [7, 11) is 0. The Bertz CT molecular complexity index is 1010. The number of carbonyl (C=O) groups is 2. The molecular weight excluding hydrogens is 407 g/mol. The van der Waals surface area contributed by atoms with E-state index >= 15 is 0 Å². The summed E-state index contributed by atoms with van der Waals surface area (Å²) >= 11 is 0. The van der Waals surface area contributed by atoms with Gasteiger partial charge in [-0.25, -0.2) is 4.39 Å². The number of furan rings is 1. The van der Waals surface area contributed by atoms with Gasteiger partial charge in [0.1, 0.15) is 18.1 Å². The molecule has 2 amide bonds. The van der Waals surface area contributed by atoms with E-state index in [9.17, 15) is 14.0 Å². The molecule has 0 atom stereocenters. The van der Waals surface area contributed by atoms with E-state index in [1.165, 1.54) is 18.2 Å².